The molecule has 2 amide bonds. The maximum Gasteiger partial charge on any atom is 0.319 e. The molecule has 0 N–H and O–H groups in total. The first kappa shape index (κ1) is 15.9. The first-order chi connectivity index (χ1) is 10.1. The summed E-state index contributed by atoms with van der Waals surface area (Å²) in [6, 6.07) is 3.86. The quantitative estimate of drug-likeness (QED) is 0.780. The van der Waals surface area contributed by atoms with Crippen molar-refractivity contribution < 1.29 is 18.7 Å². The number of hydrogen-bond acceptors (Lipinski definition) is 4. The van der Waals surface area contributed by atoms with E-state index in [0.717, 1.165) is 17.9 Å². The molecular weight excluding hydrogens is 272 g/mol. The number of ether oxygens (including phenoxy) is 2. The van der Waals surface area contributed by atoms with Crippen molar-refractivity contribution in [3.63, 3.8) is 0 Å². The molecule has 6 nitrogen and oxygen atoms in total. The molecule has 21 heavy (non-hydrogen) atoms. The number of urea groups is 1. The van der Waals surface area contributed by atoms with E-state index >= 15 is 0 Å². The first-order valence-electron chi connectivity index (χ1n) is 7.28. The van der Waals surface area contributed by atoms with Gasteiger partial charge in [-0.3, -0.25) is 0 Å². The molecule has 1 unspecified atom stereocenters. The van der Waals surface area contributed by atoms with Crippen molar-refractivity contribution in [2.45, 2.75) is 19.4 Å². The summed E-state index contributed by atoms with van der Waals surface area (Å²) < 4.78 is 16.3. The van der Waals surface area contributed by atoms with Crippen LogP contribution in [-0.4, -0.2) is 62.8 Å². The van der Waals surface area contributed by atoms with Crippen LogP contribution in [0.3, 0.4) is 0 Å². The highest BCUT2D eigenvalue weighted by molar-refractivity contribution is 5.74. The number of carbonyl (C=O) groups excluding carboxylic acids is 1. The Labute approximate surface area is 125 Å². The Bertz CT molecular complexity index is 460. The molecule has 1 saturated heterocycles. The van der Waals surface area contributed by atoms with Crippen molar-refractivity contribution in [1.82, 2.24) is 9.80 Å². The van der Waals surface area contributed by atoms with Crippen molar-refractivity contribution in [1.29, 1.82) is 0 Å². The lowest BCUT2D eigenvalue weighted by Crippen LogP contribution is -2.48. The van der Waals surface area contributed by atoms with Crippen molar-refractivity contribution >= 4 is 6.03 Å². The van der Waals surface area contributed by atoms with Gasteiger partial charge in [-0.05, 0) is 25.5 Å². The Morgan fingerprint density at radius 3 is 3.00 bits per heavy atom. The molecule has 1 aromatic heterocycles. The Hall–Kier alpha value is -1.53. The predicted octanol–water partition coefficient (Wildman–Crippen LogP) is 2.05. The van der Waals surface area contributed by atoms with Gasteiger partial charge in [-0.2, -0.15) is 0 Å². The van der Waals surface area contributed by atoms with Crippen LogP contribution in [0.15, 0.2) is 16.5 Å². The monoisotopic (exact) mass is 296 g/mol. The Morgan fingerprint density at radius 1 is 1.52 bits per heavy atom. The number of aryl methyl sites for hydroxylation is 1. The summed E-state index contributed by atoms with van der Waals surface area (Å²) in [5.74, 6) is 1.64. The second-order valence-corrected chi connectivity index (χ2v) is 5.30. The number of amides is 2. The Balaban J connectivity index is 1.89. The molecule has 0 bridgehead atoms. The fraction of sp³-hybridized carbons (Fsp3) is 0.667. The summed E-state index contributed by atoms with van der Waals surface area (Å²) in [7, 11) is 3.49. The van der Waals surface area contributed by atoms with Crippen LogP contribution in [0, 0.1) is 6.92 Å². The molecule has 118 valence electrons. The fourth-order valence-electron chi connectivity index (χ4n) is 2.40. The van der Waals surface area contributed by atoms with Gasteiger partial charge in [0.2, 0.25) is 0 Å². The first-order valence-corrected chi connectivity index (χ1v) is 7.28. The predicted molar refractivity (Wildman–Crippen MR) is 78.2 cm³/mol. The summed E-state index contributed by atoms with van der Waals surface area (Å²) in [5.41, 5.74) is 0. The topological polar surface area (TPSA) is 55.2 Å². The van der Waals surface area contributed by atoms with E-state index in [-0.39, 0.29) is 12.1 Å². The normalized spacial score (nSPS) is 18.8. The molecule has 0 radical (unpaired) electrons. The third-order valence-electron chi connectivity index (χ3n) is 3.58. The average Bonchev–Trinajstić information content (AvgIpc) is 2.93. The standard InChI is InChI=1S/C15H24N2O4/c1-12-5-6-13(21-12)14-11-17(8-10-20-14)15(18)16(2)7-4-9-19-3/h5-6,14H,4,7-11H2,1-3H3. The Morgan fingerprint density at radius 2 is 2.33 bits per heavy atom. The highest BCUT2D eigenvalue weighted by Crippen LogP contribution is 2.24. The molecular formula is C15H24N2O4. The molecule has 2 heterocycles. The molecule has 0 aliphatic carbocycles. The number of furan rings is 1. The van der Waals surface area contributed by atoms with Crippen LogP contribution >= 0.6 is 0 Å². The lowest BCUT2D eigenvalue weighted by Gasteiger charge is -2.34. The van der Waals surface area contributed by atoms with Crippen LogP contribution in [0.5, 0.6) is 0 Å². The van der Waals surface area contributed by atoms with Crippen molar-refractivity contribution in [2.75, 3.05) is 47.0 Å². The maximum absolute atomic E-state index is 12.4. The number of morpholine rings is 1. The maximum atomic E-state index is 12.4. The minimum absolute atomic E-state index is 0.0303. The van der Waals surface area contributed by atoms with E-state index in [9.17, 15) is 4.79 Å². The van der Waals surface area contributed by atoms with E-state index in [1.54, 1.807) is 12.0 Å². The molecule has 1 aliphatic heterocycles. The highest BCUT2D eigenvalue weighted by atomic mass is 16.5. The zero-order valence-electron chi connectivity index (χ0n) is 13.0. The largest absolute Gasteiger partial charge is 0.464 e. The summed E-state index contributed by atoms with van der Waals surface area (Å²) >= 11 is 0. The van der Waals surface area contributed by atoms with Crippen LogP contribution in [0.2, 0.25) is 0 Å². The third-order valence-corrected chi connectivity index (χ3v) is 3.58. The molecule has 0 aromatic carbocycles. The van der Waals surface area contributed by atoms with Gasteiger partial charge in [-0.25, -0.2) is 4.79 Å². The highest BCUT2D eigenvalue weighted by Gasteiger charge is 2.28. The van der Waals surface area contributed by atoms with E-state index in [1.165, 1.54) is 0 Å². The van der Waals surface area contributed by atoms with Crippen LogP contribution in [0.4, 0.5) is 4.79 Å². The number of hydrogen-bond donors (Lipinski definition) is 0. The second kappa shape index (κ2) is 7.47. The van der Waals surface area contributed by atoms with Crippen molar-refractivity contribution in [3.05, 3.63) is 23.7 Å². The summed E-state index contributed by atoms with van der Waals surface area (Å²) in [5, 5.41) is 0. The van der Waals surface area contributed by atoms with E-state index in [0.29, 0.717) is 32.8 Å². The molecule has 0 spiro atoms. The minimum atomic E-state index is -0.177. The minimum Gasteiger partial charge on any atom is -0.464 e. The van der Waals surface area contributed by atoms with Crippen LogP contribution < -0.4 is 0 Å². The molecule has 1 aromatic rings. The van der Waals surface area contributed by atoms with Gasteiger partial charge in [0.15, 0.2) is 0 Å². The molecule has 1 fully saturated rings. The van der Waals surface area contributed by atoms with Gasteiger partial charge in [0.1, 0.15) is 17.6 Å². The van der Waals surface area contributed by atoms with Gasteiger partial charge < -0.3 is 23.7 Å². The number of rotatable bonds is 5. The molecule has 6 heteroatoms. The van der Waals surface area contributed by atoms with E-state index in [4.69, 9.17) is 13.9 Å². The summed E-state index contributed by atoms with van der Waals surface area (Å²) in [6.07, 6.45) is 0.660. The zero-order chi connectivity index (χ0) is 15.2. The molecule has 1 aliphatic rings. The third kappa shape index (κ3) is 4.22. The lowest BCUT2D eigenvalue weighted by molar-refractivity contribution is -0.0302. The zero-order valence-corrected chi connectivity index (χ0v) is 13.0. The van der Waals surface area contributed by atoms with Crippen molar-refractivity contribution in [3.8, 4) is 0 Å². The summed E-state index contributed by atoms with van der Waals surface area (Å²) in [6.45, 7) is 4.93. The van der Waals surface area contributed by atoms with Gasteiger partial charge in [-0.1, -0.05) is 0 Å². The molecule has 0 saturated carbocycles. The van der Waals surface area contributed by atoms with E-state index < -0.39 is 0 Å². The van der Waals surface area contributed by atoms with Crippen LogP contribution in [-0.2, 0) is 9.47 Å². The summed E-state index contributed by atoms with van der Waals surface area (Å²) in [4.78, 5) is 15.9. The number of nitrogens with zero attached hydrogens (tertiary/aromatic N) is 2. The van der Waals surface area contributed by atoms with Gasteiger partial charge in [0.05, 0.1) is 13.2 Å². The second-order valence-electron chi connectivity index (χ2n) is 5.30. The van der Waals surface area contributed by atoms with Gasteiger partial charge in [0.25, 0.3) is 0 Å². The van der Waals surface area contributed by atoms with E-state index in [2.05, 4.69) is 0 Å². The number of methoxy groups -OCH3 is 1. The average molecular weight is 296 g/mol. The lowest BCUT2D eigenvalue weighted by atomic mass is 10.2. The van der Waals surface area contributed by atoms with Crippen LogP contribution in [0.1, 0.15) is 24.0 Å². The Kier molecular flexibility index (Phi) is 5.64. The van der Waals surface area contributed by atoms with Gasteiger partial charge in [0, 0.05) is 33.9 Å². The smallest absolute Gasteiger partial charge is 0.319 e. The van der Waals surface area contributed by atoms with Gasteiger partial charge >= 0.3 is 6.03 Å². The fourth-order valence-corrected chi connectivity index (χ4v) is 2.40. The van der Waals surface area contributed by atoms with Gasteiger partial charge in [-0.15, -0.1) is 0 Å². The van der Waals surface area contributed by atoms with E-state index in [1.807, 2.05) is 31.0 Å². The SMILES string of the molecule is COCCCN(C)C(=O)N1CCOC(c2ccc(C)o2)C1. The van der Waals surface area contributed by atoms with Crippen LogP contribution in [0.25, 0.3) is 0 Å². The van der Waals surface area contributed by atoms with Crippen molar-refractivity contribution in [2.24, 2.45) is 0 Å². The number of carbonyl (C=O) groups is 1. The molecule has 1 atom stereocenters. The molecule has 2 rings (SSSR count).